The Bertz CT molecular complexity index is 351. The summed E-state index contributed by atoms with van der Waals surface area (Å²) in [5.74, 6) is 0.688. The van der Waals surface area contributed by atoms with Crippen LogP contribution in [0.25, 0.3) is 0 Å². The van der Waals surface area contributed by atoms with Gasteiger partial charge in [0, 0.05) is 12.6 Å². The molecule has 0 saturated heterocycles. The Hall–Kier alpha value is -1.27. The second kappa shape index (κ2) is 6.61. The molecule has 0 radical (unpaired) electrons. The van der Waals surface area contributed by atoms with Gasteiger partial charge in [-0.1, -0.05) is 12.1 Å². The largest absolute Gasteiger partial charge is 0.494 e. The maximum atomic E-state index is 12.1. The van der Waals surface area contributed by atoms with Gasteiger partial charge in [0.1, 0.15) is 5.75 Å². The van der Waals surface area contributed by atoms with Gasteiger partial charge in [-0.25, -0.2) is 0 Å². The lowest BCUT2D eigenvalue weighted by Crippen LogP contribution is -2.35. The van der Waals surface area contributed by atoms with Crippen molar-refractivity contribution >= 4 is 0 Å². The lowest BCUT2D eigenvalue weighted by molar-refractivity contribution is -0.126. The fraction of sp³-hybridized carbons (Fsp3) is 0.500. The third kappa shape index (κ3) is 4.93. The molecule has 1 rings (SSSR count). The number of hydrogen-bond acceptors (Lipinski definition) is 3. The minimum absolute atomic E-state index is 0.101. The van der Waals surface area contributed by atoms with Gasteiger partial charge in [0.05, 0.1) is 13.2 Å². The summed E-state index contributed by atoms with van der Waals surface area (Å²) in [5, 5.41) is 2.39. The molecule has 0 aromatic heterocycles. The van der Waals surface area contributed by atoms with Crippen molar-refractivity contribution in [1.82, 2.24) is 5.32 Å². The first-order chi connectivity index (χ1) is 8.46. The Morgan fingerprint density at radius 3 is 2.33 bits per heavy atom. The van der Waals surface area contributed by atoms with E-state index >= 15 is 0 Å². The Kier molecular flexibility index (Phi) is 5.43. The summed E-state index contributed by atoms with van der Waals surface area (Å²) in [7, 11) is 0. The molecular formula is C12H17F3N2O. The van der Waals surface area contributed by atoms with Crippen LogP contribution in [0, 0.1) is 0 Å². The van der Waals surface area contributed by atoms with E-state index in [0.717, 1.165) is 0 Å². The molecule has 0 amide bonds. The van der Waals surface area contributed by atoms with Crippen LogP contribution in [-0.4, -0.2) is 25.9 Å². The Balaban J connectivity index is 2.64. The van der Waals surface area contributed by atoms with Gasteiger partial charge in [-0.3, -0.25) is 0 Å². The first-order valence-electron chi connectivity index (χ1n) is 5.69. The van der Waals surface area contributed by atoms with Crippen LogP contribution in [0.5, 0.6) is 5.75 Å². The maximum absolute atomic E-state index is 12.1. The summed E-state index contributed by atoms with van der Waals surface area (Å²) >= 11 is 0. The molecule has 1 aromatic carbocycles. The molecule has 0 aliphatic carbocycles. The van der Waals surface area contributed by atoms with Crippen LogP contribution < -0.4 is 15.8 Å². The van der Waals surface area contributed by atoms with E-state index < -0.39 is 18.8 Å². The normalized spacial score (nSPS) is 13.4. The van der Waals surface area contributed by atoms with E-state index in [4.69, 9.17) is 10.5 Å². The summed E-state index contributed by atoms with van der Waals surface area (Å²) in [6, 6.07) is 6.35. The van der Waals surface area contributed by atoms with Crippen LogP contribution in [-0.2, 0) is 0 Å². The first-order valence-corrected chi connectivity index (χ1v) is 5.69. The fourth-order valence-electron chi connectivity index (χ4n) is 1.54. The van der Waals surface area contributed by atoms with Crippen molar-refractivity contribution in [2.75, 3.05) is 19.7 Å². The maximum Gasteiger partial charge on any atom is 0.401 e. The van der Waals surface area contributed by atoms with E-state index in [9.17, 15) is 13.2 Å². The molecular weight excluding hydrogens is 245 g/mol. The minimum Gasteiger partial charge on any atom is -0.494 e. The van der Waals surface area contributed by atoms with Gasteiger partial charge < -0.3 is 15.8 Å². The summed E-state index contributed by atoms with van der Waals surface area (Å²) in [5.41, 5.74) is 6.18. The number of halogens is 3. The summed E-state index contributed by atoms with van der Waals surface area (Å²) in [6.45, 7) is 1.46. The third-order valence-electron chi connectivity index (χ3n) is 2.38. The van der Waals surface area contributed by atoms with E-state index in [1.54, 1.807) is 24.3 Å². The standard InChI is InChI=1S/C12H17F3N2O/c1-2-18-10-5-3-9(4-6-10)11(7-16)17-8-12(13,14)15/h3-6,11,17H,2,7-8,16H2,1H3. The fourth-order valence-corrected chi connectivity index (χ4v) is 1.54. The van der Waals surface area contributed by atoms with Gasteiger partial charge in [-0.05, 0) is 24.6 Å². The van der Waals surface area contributed by atoms with Crippen LogP contribution in [0.3, 0.4) is 0 Å². The highest BCUT2D eigenvalue weighted by atomic mass is 19.4. The van der Waals surface area contributed by atoms with Gasteiger partial charge in [-0.2, -0.15) is 13.2 Å². The van der Waals surface area contributed by atoms with E-state index in [1.165, 1.54) is 0 Å². The molecule has 0 heterocycles. The zero-order chi connectivity index (χ0) is 13.6. The zero-order valence-corrected chi connectivity index (χ0v) is 10.1. The third-order valence-corrected chi connectivity index (χ3v) is 2.38. The second-order valence-corrected chi connectivity index (χ2v) is 3.79. The van der Waals surface area contributed by atoms with Crippen LogP contribution >= 0.6 is 0 Å². The van der Waals surface area contributed by atoms with Crippen molar-refractivity contribution in [3.63, 3.8) is 0 Å². The molecule has 3 nitrogen and oxygen atoms in total. The van der Waals surface area contributed by atoms with Crippen LogP contribution in [0.2, 0.25) is 0 Å². The molecule has 0 spiro atoms. The minimum atomic E-state index is -4.24. The quantitative estimate of drug-likeness (QED) is 0.826. The van der Waals surface area contributed by atoms with Gasteiger partial charge in [0.2, 0.25) is 0 Å². The van der Waals surface area contributed by atoms with Crippen LogP contribution in [0.1, 0.15) is 18.5 Å². The smallest absolute Gasteiger partial charge is 0.401 e. The monoisotopic (exact) mass is 262 g/mol. The number of nitrogens with one attached hydrogen (secondary N) is 1. The highest BCUT2D eigenvalue weighted by molar-refractivity contribution is 5.29. The summed E-state index contributed by atoms with van der Waals surface area (Å²) in [6.07, 6.45) is -4.24. The molecule has 1 atom stereocenters. The van der Waals surface area contributed by atoms with E-state index in [-0.39, 0.29) is 6.54 Å². The van der Waals surface area contributed by atoms with Crippen molar-refractivity contribution in [2.24, 2.45) is 5.73 Å². The first kappa shape index (κ1) is 14.8. The molecule has 18 heavy (non-hydrogen) atoms. The molecule has 1 unspecified atom stereocenters. The lowest BCUT2D eigenvalue weighted by Gasteiger charge is -2.18. The van der Waals surface area contributed by atoms with Crippen molar-refractivity contribution in [3.8, 4) is 5.75 Å². The van der Waals surface area contributed by atoms with Crippen molar-refractivity contribution in [3.05, 3.63) is 29.8 Å². The molecule has 0 aliphatic rings. The van der Waals surface area contributed by atoms with E-state index in [1.807, 2.05) is 6.92 Å². The molecule has 0 fully saturated rings. The molecule has 0 aliphatic heterocycles. The van der Waals surface area contributed by atoms with Crippen molar-refractivity contribution < 1.29 is 17.9 Å². The Morgan fingerprint density at radius 2 is 1.89 bits per heavy atom. The van der Waals surface area contributed by atoms with Crippen LogP contribution in [0.15, 0.2) is 24.3 Å². The molecule has 0 bridgehead atoms. The molecule has 102 valence electrons. The highest BCUT2D eigenvalue weighted by Gasteiger charge is 2.28. The SMILES string of the molecule is CCOc1ccc(C(CN)NCC(F)(F)F)cc1. The van der Waals surface area contributed by atoms with Crippen molar-refractivity contribution in [2.45, 2.75) is 19.1 Å². The van der Waals surface area contributed by atoms with Crippen LogP contribution in [0.4, 0.5) is 13.2 Å². The highest BCUT2D eigenvalue weighted by Crippen LogP contribution is 2.19. The Labute approximate surface area is 104 Å². The average molecular weight is 262 g/mol. The van der Waals surface area contributed by atoms with Gasteiger partial charge in [0.15, 0.2) is 0 Å². The predicted octanol–water partition coefficient (Wildman–Crippen LogP) is 2.24. The van der Waals surface area contributed by atoms with E-state index in [0.29, 0.717) is 17.9 Å². The zero-order valence-electron chi connectivity index (χ0n) is 10.1. The number of nitrogens with two attached hydrogens (primary N) is 1. The second-order valence-electron chi connectivity index (χ2n) is 3.79. The summed E-state index contributed by atoms with van der Waals surface area (Å²) in [4.78, 5) is 0. The molecule has 3 N–H and O–H groups in total. The lowest BCUT2D eigenvalue weighted by atomic mass is 10.1. The number of hydrogen-bond donors (Lipinski definition) is 2. The number of alkyl halides is 3. The van der Waals surface area contributed by atoms with Gasteiger partial charge in [-0.15, -0.1) is 0 Å². The topological polar surface area (TPSA) is 47.3 Å². The molecule has 1 aromatic rings. The Morgan fingerprint density at radius 1 is 1.28 bits per heavy atom. The van der Waals surface area contributed by atoms with Crippen molar-refractivity contribution in [1.29, 1.82) is 0 Å². The number of rotatable bonds is 6. The predicted molar refractivity (Wildman–Crippen MR) is 63.5 cm³/mol. The number of ether oxygens (including phenoxy) is 1. The van der Waals surface area contributed by atoms with Gasteiger partial charge in [0.25, 0.3) is 0 Å². The van der Waals surface area contributed by atoms with Gasteiger partial charge >= 0.3 is 6.18 Å². The molecule has 0 saturated carbocycles. The average Bonchev–Trinajstić information content (AvgIpc) is 2.31. The summed E-state index contributed by atoms with van der Waals surface area (Å²) < 4.78 is 41.6. The molecule has 6 heteroatoms. The van der Waals surface area contributed by atoms with E-state index in [2.05, 4.69) is 5.32 Å². The number of benzene rings is 1.